The number of nitrogens with one attached hydrogen (secondary N) is 1. The van der Waals surface area contributed by atoms with E-state index in [4.69, 9.17) is 5.11 Å². The second kappa shape index (κ2) is 5.00. The van der Waals surface area contributed by atoms with Gasteiger partial charge in [-0.25, -0.2) is 0 Å². The van der Waals surface area contributed by atoms with E-state index in [1.54, 1.807) is 0 Å². The lowest BCUT2D eigenvalue weighted by Gasteiger charge is -2.14. The maximum absolute atomic E-state index is 8.88. The summed E-state index contributed by atoms with van der Waals surface area (Å²) in [5.74, 6) is 0. The molecule has 0 aromatic heterocycles. The Bertz CT molecular complexity index is 260. The van der Waals surface area contributed by atoms with Crippen LogP contribution >= 0.6 is 0 Å². The average Bonchev–Trinajstić information content (AvgIpc) is 2.18. The van der Waals surface area contributed by atoms with E-state index in [1.807, 2.05) is 19.2 Å². The van der Waals surface area contributed by atoms with Gasteiger partial charge in [0, 0.05) is 12.6 Å². The predicted molar refractivity (Wildman–Crippen MR) is 54.7 cm³/mol. The summed E-state index contributed by atoms with van der Waals surface area (Å²) in [5, 5.41) is 12.1. The zero-order valence-electron chi connectivity index (χ0n) is 8.25. The van der Waals surface area contributed by atoms with E-state index in [-0.39, 0.29) is 6.61 Å². The van der Waals surface area contributed by atoms with Crippen LogP contribution in [0.15, 0.2) is 24.3 Å². The zero-order chi connectivity index (χ0) is 9.68. The summed E-state index contributed by atoms with van der Waals surface area (Å²) < 4.78 is 0. The maximum Gasteiger partial charge on any atom is 0.0471 e. The van der Waals surface area contributed by atoms with Crippen LogP contribution in [0.2, 0.25) is 0 Å². The van der Waals surface area contributed by atoms with Crippen LogP contribution < -0.4 is 5.32 Å². The van der Waals surface area contributed by atoms with Gasteiger partial charge in [0.05, 0.1) is 0 Å². The van der Waals surface area contributed by atoms with E-state index in [0.29, 0.717) is 6.04 Å². The Hall–Kier alpha value is -0.860. The summed E-state index contributed by atoms with van der Waals surface area (Å²) in [6.07, 6.45) is 0.738. The summed E-state index contributed by atoms with van der Waals surface area (Å²) in [6, 6.07) is 8.56. The topological polar surface area (TPSA) is 32.3 Å². The minimum Gasteiger partial charge on any atom is -0.396 e. The van der Waals surface area contributed by atoms with Crippen LogP contribution in [0.5, 0.6) is 0 Å². The molecule has 0 radical (unpaired) electrons. The highest BCUT2D eigenvalue weighted by Crippen LogP contribution is 2.17. The third-order valence-electron chi connectivity index (χ3n) is 2.34. The van der Waals surface area contributed by atoms with Crippen LogP contribution in [0.3, 0.4) is 0 Å². The Labute approximate surface area is 79.6 Å². The van der Waals surface area contributed by atoms with E-state index in [0.717, 1.165) is 6.42 Å². The van der Waals surface area contributed by atoms with Crippen molar-refractivity contribution in [3.05, 3.63) is 35.4 Å². The number of hydrogen-bond acceptors (Lipinski definition) is 2. The average molecular weight is 179 g/mol. The van der Waals surface area contributed by atoms with Crippen LogP contribution in [-0.2, 0) is 6.42 Å². The predicted octanol–water partition coefficient (Wildman–Crippen LogP) is 1.50. The molecule has 1 atom stereocenters. The smallest absolute Gasteiger partial charge is 0.0471 e. The van der Waals surface area contributed by atoms with Crippen LogP contribution in [0.1, 0.15) is 24.1 Å². The summed E-state index contributed by atoms with van der Waals surface area (Å²) in [4.78, 5) is 0. The highest BCUT2D eigenvalue weighted by atomic mass is 16.2. The van der Waals surface area contributed by atoms with Gasteiger partial charge in [0.2, 0.25) is 0 Å². The molecule has 0 spiro atoms. The third kappa shape index (κ3) is 2.54. The van der Waals surface area contributed by atoms with Gasteiger partial charge in [0.25, 0.3) is 0 Å². The number of rotatable bonds is 4. The minimum absolute atomic E-state index is 0.216. The first-order valence-corrected chi connectivity index (χ1v) is 4.65. The molecule has 0 saturated heterocycles. The standard InChI is InChI=1S/C11H17NO/c1-9(12-2)11-6-4-3-5-10(11)7-8-13/h3-6,9,12-13H,7-8H2,1-2H3. The fourth-order valence-corrected chi connectivity index (χ4v) is 1.46. The van der Waals surface area contributed by atoms with E-state index < -0.39 is 0 Å². The van der Waals surface area contributed by atoms with Crippen molar-refractivity contribution in [3.63, 3.8) is 0 Å². The molecule has 1 unspecified atom stereocenters. The van der Waals surface area contributed by atoms with Gasteiger partial charge in [0.15, 0.2) is 0 Å². The fourth-order valence-electron chi connectivity index (χ4n) is 1.46. The lowest BCUT2D eigenvalue weighted by molar-refractivity contribution is 0.299. The van der Waals surface area contributed by atoms with Crippen molar-refractivity contribution in [3.8, 4) is 0 Å². The molecule has 0 fully saturated rings. The Kier molecular flexibility index (Phi) is 3.93. The van der Waals surface area contributed by atoms with Crippen molar-refractivity contribution in [1.29, 1.82) is 0 Å². The second-order valence-corrected chi connectivity index (χ2v) is 3.18. The van der Waals surface area contributed by atoms with Crippen molar-refractivity contribution in [2.24, 2.45) is 0 Å². The molecule has 2 heteroatoms. The van der Waals surface area contributed by atoms with Gasteiger partial charge in [-0.15, -0.1) is 0 Å². The van der Waals surface area contributed by atoms with Crippen LogP contribution in [0.4, 0.5) is 0 Å². The van der Waals surface area contributed by atoms with Gasteiger partial charge in [0.1, 0.15) is 0 Å². The molecule has 0 heterocycles. The quantitative estimate of drug-likeness (QED) is 0.734. The molecular weight excluding hydrogens is 162 g/mol. The molecule has 1 aromatic rings. The molecule has 1 rings (SSSR count). The SMILES string of the molecule is CNC(C)c1ccccc1CCO. The molecule has 0 aliphatic carbocycles. The normalized spacial score (nSPS) is 12.8. The molecule has 0 bridgehead atoms. The van der Waals surface area contributed by atoms with E-state index in [9.17, 15) is 0 Å². The van der Waals surface area contributed by atoms with Crippen molar-refractivity contribution < 1.29 is 5.11 Å². The van der Waals surface area contributed by atoms with E-state index >= 15 is 0 Å². The number of hydrogen-bond donors (Lipinski definition) is 2. The van der Waals surface area contributed by atoms with Crippen molar-refractivity contribution in [2.75, 3.05) is 13.7 Å². The summed E-state index contributed by atoms with van der Waals surface area (Å²) in [6.45, 7) is 2.34. The lowest BCUT2D eigenvalue weighted by Crippen LogP contribution is -2.14. The van der Waals surface area contributed by atoms with Gasteiger partial charge < -0.3 is 10.4 Å². The van der Waals surface area contributed by atoms with E-state index in [2.05, 4.69) is 24.4 Å². The van der Waals surface area contributed by atoms with Crippen LogP contribution in [-0.4, -0.2) is 18.8 Å². The highest BCUT2D eigenvalue weighted by molar-refractivity contribution is 5.29. The summed E-state index contributed by atoms with van der Waals surface area (Å²) in [7, 11) is 1.94. The number of benzene rings is 1. The first-order chi connectivity index (χ1) is 6.29. The van der Waals surface area contributed by atoms with Crippen molar-refractivity contribution in [2.45, 2.75) is 19.4 Å². The molecule has 72 valence electrons. The van der Waals surface area contributed by atoms with Gasteiger partial charge in [-0.1, -0.05) is 24.3 Å². The third-order valence-corrected chi connectivity index (χ3v) is 2.34. The van der Waals surface area contributed by atoms with Gasteiger partial charge in [-0.2, -0.15) is 0 Å². The molecule has 0 aliphatic rings. The monoisotopic (exact) mass is 179 g/mol. The van der Waals surface area contributed by atoms with Crippen molar-refractivity contribution in [1.82, 2.24) is 5.32 Å². The molecular formula is C11H17NO. The minimum atomic E-state index is 0.216. The first kappa shape index (κ1) is 10.2. The van der Waals surface area contributed by atoms with E-state index in [1.165, 1.54) is 11.1 Å². The molecule has 13 heavy (non-hydrogen) atoms. The Morgan fingerprint density at radius 1 is 1.38 bits per heavy atom. The molecule has 1 aromatic carbocycles. The maximum atomic E-state index is 8.88. The first-order valence-electron chi connectivity index (χ1n) is 4.65. The summed E-state index contributed by atoms with van der Waals surface area (Å²) in [5.41, 5.74) is 2.51. The van der Waals surface area contributed by atoms with Gasteiger partial charge in [-0.3, -0.25) is 0 Å². The van der Waals surface area contributed by atoms with Crippen LogP contribution in [0.25, 0.3) is 0 Å². The largest absolute Gasteiger partial charge is 0.396 e. The zero-order valence-corrected chi connectivity index (χ0v) is 8.25. The fraction of sp³-hybridized carbons (Fsp3) is 0.455. The van der Waals surface area contributed by atoms with Crippen molar-refractivity contribution >= 4 is 0 Å². The molecule has 2 nitrogen and oxygen atoms in total. The Morgan fingerprint density at radius 3 is 2.69 bits per heavy atom. The molecule has 2 N–H and O–H groups in total. The highest BCUT2D eigenvalue weighted by Gasteiger charge is 2.06. The molecule has 0 saturated carbocycles. The Balaban J connectivity index is 2.90. The Morgan fingerprint density at radius 2 is 2.08 bits per heavy atom. The van der Waals surface area contributed by atoms with Gasteiger partial charge >= 0.3 is 0 Å². The molecule has 0 aliphatic heterocycles. The van der Waals surface area contributed by atoms with Gasteiger partial charge in [-0.05, 0) is 31.5 Å². The van der Waals surface area contributed by atoms with Crippen LogP contribution in [0, 0.1) is 0 Å². The lowest BCUT2D eigenvalue weighted by atomic mass is 9.99. The second-order valence-electron chi connectivity index (χ2n) is 3.18. The number of aliphatic hydroxyl groups is 1. The summed E-state index contributed by atoms with van der Waals surface area (Å²) >= 11 is 0. The number of aliphatic hydroxyl groups excluding tert-OH is 1. The molecule has 0 amide bonds.